The Bertz CT molecular complexity index is 438. The molecule has 17 heavy (non-hydrogen) atoms. The first kappa shape index (κ1) is 15.8. The van der Waals surface area contributed by atoms with Crippen LogP contribution in [0.25, 0.3) is 10.9 Å². The summed E-state index contributed by atoms with van der Waals surface area (Å²) < 4.78 is 0. The van der Waals surface area contributed by atoms with Gasteiger partial charge in [0, 0.05) is 16.6 Å². The average Bonchev–Trinajstić information content (AvgIpc) is 2.72. The Kier molecular flexibility index (Phi) is 7.36. The molecule has 1 heteroatoms. The molecule has 1 nitrogen and oxygen atoms in total. The molecular formula is C16H27N. The van der Waals surface area contributed by atoms with Gasteiger partial charge in [-0.1, -0.05) is 46.8 Å². The third-order valence-corrected chi connectivity index (χ3v) is 2.74. The van der Waals surface area contributed by atoms with Gasteiger partial charge in [-0.3, -0.25) is 0 Å². The van der Waals surface area contributed by atoms with Crippen LogP contribution >= 0.6 is 0 Å². The van der Waals surface area contributed by atoms with Crippen LogP contribution in [-0.2, 0) is 6.42 Å². The summed E-state index contributed by atoms with van der Waals surface area (Å²) in [4.78, 5) is 3.45. The maximum atomic E-state index is 3.45. The fourth-order valence-corrected chi connectivity index (χ4v) is 2.03. The van der Waals surface area contributed by atoms with Crippen LogP contribution in [0.5, 0.6) is 0 Å². The number of hydrogen-bond donors (Lipinski definition) is 1. The Morgan fingerprint density at radius 1 is 1.00 bits per heavy atom. The number of benzene rings is 1. The lowest BCUT2D eigenvalue weighted by Crippen LogP contribution is -1.81. The Labute approximate surface area is 106 Å². The molecule has 2 rings (SSSR count). The number of hydrogen-bond acceptors (Lipinski definition) is 0. The molecule has 1 aromatic carbocycles. The second kappa shape index (κ2) is 7.94. The minimum absolute atomic E-state index is 1.08. The molecule has 0 saturated carbocycles. The number of H-pyrrole nitrogens is 1. The average molecular weight is 233 g/mol. The van der Waals surface area contributed by atoms with Crippen molar-refractivity contribution in [2.75, 3.05) is 0 Å². The molecule has 0 spiro atoms. The molecule has 96 valence electrons. The maximum absolute atomic E-state index is 3.45. The number of nitrogens with one attached hydrogen (secondary N) is 1. The molecule has 0 radical (unpaired) electrons. The van der Waals surface area contributed by atoms with Crippen molar-refractivity contribution >= 4 is 10.9 Å². The fourth-order valence-electron chi connectivity index (χ4n) is 2.03. The van der Waals surface area contributed by atoms with E-state index in [0.717, 1.165) is 6.42 Å². The second-order valence-corrected chi connectivity index (χ2v) is 3.58. The first-order valence-corrected chi connectivity index (χ1v) is 6.80. The lowest BCUT2D eigenvalue weighted by molar-refractivity contribution is 1.05. The number of aryl methyl sites for hydroxylation is 3. The molecule has 0 bridgehead atoms. The molecule has 0 aliphatic rings. The van der Waals surface area contributed by atoms with Crippen molar-refractivity contribution in [1.29, 1.82) is 0 Å². The van der Waals surface area contributed by atoms with E-state index in [1.807, 2.05) is 27.7 Å². The number of aromatic nitrogens is 1. The summed E-state index contributed by atoms with van der Waals surface area (Å²) >= 11 is 0. The normalized spacial score (nSPS) is 9.12. The summed E-state index contributed by atoms with van der Waals surface area (Å²) in [5.41, 5.74) is 5.42. The van der Waals surface area contributed by atoms with Crippen LogP contribution in [0.4, 0.5) is 0 Å². The van der Waals surface area contributed by atoms with E-state index in [1.54, 1.807) is 0 Å². The summed E-state index contributed by atoms with van der Waals surface area (Å²) in [5.74, 6) is 0. The van der Waals surface area contributed by atoms with Crippen molar-refractivity contribution in [3.63, 3.8) is 0 Å². The van der Waals surface area contributed by atoms with Crippen molar-refractivity contribution in [2.45, 2.75) is 54.9 Å². The topological polar surface area (TPSA) is 15.8 Å². The summed E-state index contributed by atoms with van der Waals surface area (Å²) in [5, 5.41) is 1.40. The van der Waals surface area contributed by atoms with Crippen molar-refractivity contribution in [3.8, 4) is 0 Å². The quantitative estimate of drug-likeness (QED) is 0.679. The highest BCUT2D eigenvalue weighted by molar-refractivity contribution is 5.87. The van der Waals surface area contributed by atoms with Gasteiger partial charge in [-0.2, -0.15) is 0 Å². The van der Waals surface area contributed by atoms with Crippen LogP contribution in [-0.4, -0.2) is 4.98 Å². The fraction of sp³-hybridized carbons (Fsp3) is 0.500. The zero-order valence-electron chi connectivity index (χ0n) is 12.4. The van der Waals surface area contributed by atoms with Crippen LogP contribution in [0.2, 0.25) is 0 Å². The molecule has 0 unspecified atom stereocenters. The van der Waals surface area contributed by atoms with Crippen molar-refractivity contribution in [2.24, 2.45) is 0 Å². The van der Waals surface area contributed by atoms with E-state index in [-0.39, 0.29) is 0 Å². The smallest absolute Gasteiger partial charge is 0.0461 e. The molecule has 1 aromatic heterocycles. The highest BCUT2D eigenvalue weighted by Crippen LogP contribution is 2.24. The second-order valence-electron chi connectivity index (χ2n) is 3.58. The minimum atomic E-state index is 1.08. The Morgan fingerprint density at radius 3 is 2.06 bits per heavy atom. The van der Waals surface area contributed by atoms with E-state index >= 15 is 0 Å². The van der Waals surface area contributed by atoms with Crippen molar-refractivity contribution in [3.05, 3.63) is 35.0 Å². The van der Waals surface area contributed by atoms with Gasteiger partial charge in [0.25, 0.3) is 0 Å². The third kappa shape index (κ3) is 3.36. The summed E-state index contributed by atoms with van der Waals surface area (Å²) in [7, 11) is 0. The van der Waals surface area contributed by atoms with Gasteiger partial charge in [-0.25, -0.2) is 0 Å². The molecule has 2 aromatic rings. The molecule has 0 saturated heterocycles. The van der Waals surface area contributed by atoms with Crippen LogP contribution < -0.4 is 0 Å². The van der Waals surface area contributed by atoms with Crippen LogP contribution in [0.15, 0.2) is 18.2 Å². The van der Waals surface area contributed by atoms with E-state index in [9.17, 15) is 0 Å². The lowest BCUT2D eigenvalue weighted by Gasteiger charge is -1.96. The lowest BCUT2D eigenvalue weighted by atomic mass is 10.1. The van der Waals surface area contributed by atoms with E-state index in [1.165, 1.54) is 27.7 Å². The van der Waals surface area contributed by atoms with Gasteiger partial charge < -0.3 is 4.98 Å². The molecule has 1 heterocycles. The monoisotopic (exact) mass is 233 g/mol. The van der Waals surface area contributed by atoms with Crippen LogP contribution in [0.3, 0.4) is 0 Å². The van der Waals surface area contributed by atoms with Gasteiger partial charge in [0.05, 0.1) is 0 Å². The van der Waals surface area contributed by atoms with Gasteiger partial charge in [0.1, 0.15) is 0 Å². The molecule has 0 fully saturated rings. The van der Waals surface area contributed by atoms with Gasteiger partial charge in [-0.05, 0) is 37.5 Å². The molecule has 0 aliphatic carbocycles. The molecule has 0 atom stereocenters. The van der Waals surface area contributed by atoms with Crippen molar-refractivity contribution < 1.29 is 0 Å². The number of aromatic amines is 1. The zero-order chi connectivity index (χ0) is 13.4. The number of rotatable bonds is 1. The van der Waals surface area contributed by atoms with Gasteiger partial charge in [-0.15, -0.1) is 0 Å². The van der Waals surface area contributed by atoms with E-state index in [2.05, 4.69) is 44.0 Å². The first-order valence-electron chi connectivity index (χ1n) is 6.80. The van der Waals surface area contributed by atoms with E-state index in [4.69, 9.17) is 0 Å². The summed E-state index contributed by atoms with van der Waals surface area (Å²) in [6.07, 6.45) is 1.08. The van der Waals surface area contributed by atoms with Crippen LogP contribution in [0.1, 0.15) is 51.4 Å². The van der Waals surface area contributed by atoms with Crippen molar-refractivity contribution in [1.82, 2.24) is 4.98 Å². The van der Waals surface area contributed by atoms with Gasteiger partial charge in [0.2, 0.25) is 0 Å². The van der Waals surface area contributed by atoms with Gasteiger partial charge >= 0.3 is 0 Å². The minimum Gasteiger partial charge on any atom is -0.358 e. The first-order chi connectivity index (χ1) is 8.24. The van der Waals surface area contributed by atoms with E-state index in [0.29, 0.717) is 0 Å². The van der Waals surface area contributed by atoms with Gasteiger partial charge in [0.15, 0.2) is 0 Å². The maximum Gasteiger partial charge on any atom is 0.0461 e. The largest absolute Gasteiger partial charge is 0.358 e. The number of fused-ring (bicyclic) bond motifs is 1. The predicted molar refractivity (Wildman–Crippen MR) is 79.8 cm³/mol. The summed E-state index contributed by atoms with van der Waals surface area (Å²) in [6, 6.07) is 6.42. The standard InChI is InChI=1S/C12H15N.2C2H6/c1-4-10-9(3)12-8(2)6-5-7-11(12)13-10;2*1-2/h5-7,13H,4H2,1-3H3;2*1-2H3. The Morgan fingerprint density at radius 2 is 1.59 bits per heavy atom. The zero-order valence-corrected chi connectivity index (χ0v) is 12.4. The van der Waals surface area contributed by atoms with E-state index < -0.39 is 0 Å². The molecule has 1 N–H and O–H groups in total. The highest BCUT2D eigenvalue weighted by atomic mass is 14.7. The van der Waals surface area contributed by atoms with Crippen LogP contribution in [0, 0.1) is 13.8 Å². The third-order valence-electron chi connectivity index (χ3n) is 2.74. The molecule has 0 amide bonds. The molecule has 0 aliphatic heterocycles. The predicted octanol–water partition coefficient (Wildman–Crippen LogP) is 5.40. The Hall–Kier alpha value is -1.24. The highest BCUT2D eigenvalue weighted by Gasteiger charge is 2.06. The SMILES string of the molecule is CC.CC.CCc1[nH]c2cccc(C)c2c1C. The summed E-state index contributed by atoms with van der Waals surface area (Å²) in [6.45, 7) is 14.6. The Balaban J connectivity index is 0.000000581. The molecular weight excluding hydrogens is 206 g/mol.